The molecule has 7 nitrogen and oxygen atoms in total. The van der Waals surface area contributed by atoms with Crippen LogP contribution in [0.3, 0.4) is 0 Å². The summed E-state index contributed by atoms with van der Waals surface area (Å²) in [7, 11) is 1.28. The lowest BCUT2D eigenvalue weighted by Gasteiger charge is -2.10. The second kappa shape index (κ2) is 7.75. The van der Waals surface area contributed by atoms with E-state index in [9.17, 15) is 14.0 Å². The van der Waals surface area contributed by atoms with Gasteiger partial charge < -0.3 is 10.1 Å². The zero-order valence-corrected chi connectivity index (χ0v) is 16.2. The minimum absolute atomic E-state index is 0.0826. The van der Waals surface area contributed by atoms with E-state index in [0.717, 1.165) is 10.8 Å². The Morgan fingerprint density at radius 2 is 1.70 bits per heavy atom. The molecule has 1 aromatic heterocycles. The van der Waals surface area contributed by atoms with E-state index in [1.807, 2.05) is 24.3 Å². The van der Waals surface area contributed by atoms with Crippen LogP contribution in [0, 0.1) is 12.7 Å². The van der Waals surface area contributed by atoms with Crippen LogP contribution in [0.4, 0.5) is 10.1 Å². The van der Waals surface area contributed by atoms with Crippen molar-refractivity contribution < 1.29 is 18.7 Å². The smallest absolute Gasteiger partial charge is 0.339 e. The van der Waals surface area contributed by atoms with Crippen LogP contribution in [-0.2, 0) is 4.74 Å². The highest BCUT2D eigenvalue weighted by Gasteiger charge is 2.20. The first-order chi connectivity index (χ1) is 14.5. The van der Waals surface area contributed by atoms with Gasteiger partial charge in [-0.25, -0.2) is 18.9 Å². The van der Waals surface area contributed by atoms with Crippen molar-refractivity contribution in [3.63, 3.8) is 0 Å². The lowest BCUT2D eigenvalue weighted by atomic mass is 10.0. The Bertz CT molecular complexity index is 1270. The topological polar surface area (TPSA) is 86.1 Å². The van der Waals surface area contributed by atoms with Crippen molar-refractivity contribution >= 4 is 28.3 Å². The summed E-state index contributed by atoms with van der Waals surface area (Å²) in [6.45, 7) is 1.68. The molecule has 4 aromatic rings. The Balaban J connectivity index is 1.69. The fourth-order valence-corrected chi connectivity index (χ4v) is 3.11. The SMILES string of the molecule is COC(=O)c1cc2ccccc2cc1NC(=O)c1nc(C)n(-c2ccc(F)cc2)n1. The number of halogens is 1. The van der Waals surface area contributed by atoms with E-state index < -0.39 is 11.9 Å². The average molecular weight is 404 g/mol. The maximum atomic E-state index is 13.2. The van der Waals surface area contributed by atoms with E-state index >= 15 is 0 Å². The van der Waals surface area contributed by atoms with Crippen molar-refractivity contribution in [1.29, 1.82) is 0 Å². The molecule has 0 aliphatic heterocycles. The van der Waals surface area contributed by atoms with E-state index in [1.54, 1.807) is 19.1 Å². The molecule has 0 fully saturated rings. The van der Waals surface area contributed by atoms with E-state index in [-0.39, 0.29) is 17.2 Å². The highest BCUT2D eigenvalue weighted by atomic mass is 19.1. The minimum atomic E-state index is -0.584. The quantitative estimate of drug-likeness (QED) is 0.521. The number of hydrogen-bond acceptors (Lipinski definition) is 5. The molecule has 0 aliphatic carbocycles. The van der Waals surface area contributed by atoms with Crippen LogP contribution < -0.4 is 5.32 Å². The standard InChI is InChI=1S/C22H17FN4O3/c1-13-24-20(26-27(13)17-9-7-16(23)8-10-17)21(28)25-19-12-15-6-4-3-5-14(15)11-18(19)22(29)30-2/h3-12H,1-2H3,(H,25,28). The molecule has 1 heterocycles. The van der Waals surface area contributed by atoms with Gasteiger partial charge in [0.05, 0.1) is 24.0 Å². The fourth-order valence-electron chi connectivity index (χ4n) is 3.11. The summed E-state index contributed by atoms with van der Waals surface area (Å²) < 4.78 is 19.5. The third-order valence-electron chi connectivity index (χ3n) is 4.58. The Kier molecular flexibility index (Phi) is 4.97. The molecule has 0 saturated carbocycles. The first-order valence-electron chi connectivity index (χ1n) is 9.08. The Morgan fingerprint density at radius 1 is 1.03 bits per heavy atom. The number of nitrogens with one attached hydrogen (secondary N) is 1. The van der Waals surface area contributed by atoms with Crippen LogP contribution in [0.15, 0.2) is 60.7 Å². The summed E-state index contributed by atoms with van der Waals surface area (Å²) in [5.74, 6) is -1.16. The second-order valence-electron chi connectivity index (χ2n) is 6.56. The molecule has 0 bridgehead atoms. The maximum absolute atomic E-state index is 13.2. The number of amides is 1. The summed E-state index contributed by atoms with van der Waals surface area (Å²) >= 11 is 0. The van der Waals surface area contributed by atoms with Gasteiger partial charge in [0.1, 0.15) is 11.6 Å². The highest BCUT2D eigenvalue weighted by Crippen LogP contribution is 2.25. The molecule has 3 aromatic carbocycles. The van der Waals surface area contributed by atoms with Crippen molar-refractivity contribution in [2.24, 2.45) is 0 Å². The number of aryl methyl sites for hydroxylation is 1. The Hall–Kier alpha value is -4.07. The Labute approximate surface area is 171 Å². The van der Waals surface area contributed by atoms with Crippen LogP contribution in [0.2, 0.25) is 0 Å². The number of carbonyl (C=O) groups excluding carboxylic acids is 2. The lowest BCUT2D eigenvalue weighted by Crippen LogP contribution is -2.17. The number of ether oxygens (including phenoxy) is 1. The lowest BCUT2D eigenvalue weighted by molar-refractivity contribution is 0.0602. The largest absolute Gasteiger partial charge is 0.465 e. The molecular weight excluding hydrogens is 387 g/mol. The highest BCUT2D eigenvalue weighted by molar-refractivity contribution is 6.09. The summed E-state index contributed by atoms with van der Waals surface area (Å²) in [5, 5.41) is 8.60. The summed E-state index contributed by atoms with van der Waals surface area (Å²) in [5.41, 5.74) is 1.09. The van der Waals surface area contributed by atoms with Gasteiger partial charge in [0.15, 0.2) is 0 Å². The number of rotatable bonds is 4. The molecule has 1 N–H and O–H groups in total. The van der Waals surface area contributed by atoms with Crippen molar-refractivity contribution in [3.8, 4) is 5.69 Å². The number of hydrogen-bond donors (Lipinski definition) is 1. The van der Waals surface area contributed by atoms with Crippen molar-refractivity contribution in [3.05, 3.63) is 83.7 Å². The van der Waals surface area contributed by atoms with Gasteiger partial charge >= 0.3 is 5.97 Å². The van der Waals surface area contributed by atoms with Gasteiger partial charge in [0.2, 0.25) is 5.82 Å². The van der Waals surface area contributed by atoms with E-state index in [1.165, 1.54) is 36.1 Å². The van der Waals surface area contributed by atoms with E-state index in [4.69, 9.17) is 4.74 Å². The monoisotopic (exact) mass is 404 g/mol. The van der Waals surface area contributed by atoms with Gasteiger partial charge in [-0.15, -0.1) is 5.10 Å². The molecular formula is C22H17FN4O3. The van der Waals surface area contributed by atoms with Crippen molar-refractivity contribution in [2.45, 2.75) is 6.92 Å². The first-order valence-corrected chi connectivity index (χ1v) is 9.08. The molecule has 8 heteroatoms. The molecule has 0 radical (unpaired) electrons. The van der Waals surface area contributed by atoms with Gasteiger partial charge in [-0.2, -0.15) is 0 Å². The number of carbonyl (C=O) groups is 2. The zero-order valence-electron chi connectivity index (χ0n) is 16.2. The van der Waals surface area contributed by atoms with E-state index in [0.29, 0.717) is 17.2 Å². The molecule has 150 valence electrons. The number of anilines is 1. The number of methoxy groups -OCH3 is 1. The minimum Gasteiger partial charge on any atom is -0.465 e. The zero-order chi connectivity index (χ0) is 21.3. The third-order valence-corrected chi connectivity index (χ3v) is 4.58. The van der Waals surface area contributed by atoms with Crippen molar-refractivity contribution in [2.75, 3.05) is 12.4 Å². The Morgan fingerprint density at radius 3 is 2.37 bits per heavy atom. The van der Waals surface area contributed by atoms with Crippen LogP contribution >= 0.6 is 0 Å². The first kappa shape index (κ1) is 19.3. The molecule has 0 unspecified atom stereocenters. The number of fused-ring (bicyclic) bond motifs is 1. The van der Waals surface area contributed by atoms with Crippen LogP contribution in [0.5, 0.6) is 0 Å². The summed E-state index contributed by atoms with van der Waals surface area (Å²) in [6, 6.07) is 16.5. The molecule has 0 spiro atoms. The van der Waals surface area contributed by atoms with Crippen LogP contribution in [0.1, 0.15) is 26.8 Å². The maximum Gasteiger partial charge on any atom is 0.339 e. The van der Waals surface area contributed by atoms with E-state index in [2.05, 4.69) is 15.4 Å². The average Bonchev–Trinajstić information content (AvgIpc) is 3.15. The molecule has 0 aliphatic rings. The van der Waals surface area contributed by atoms with Gasteiger partial charge in [0, 0.05) is 0 Å². The molecule has 1 amide bonds. The van der Waals surface area contributed by atoms with Crippen LogP contribution in [-0.4, -0.2) is 33.8 Å². The third kappa shape index (κ3) is 3.62. The summed E-state index contributed by atoms with van der Waals surface area (Å²) in [4.78, 5) is 29.2. The molecule has 30 heavy (non-hydrogen) atoms. The molecule has 4 rings (SSSR count). The number of aromatic nitrogens is 3. The number of nitrogens with zero attached hydrogens (tertiary/aromatic N) is 3. The van der Waals surface area contributed by atoms with Crippen molar-refractivity contribution in [1.82, 2.24) is 14.8 Å². The number of benzene rings is 3. The van der Waals surface area contributed by atoms with Gasteiger partial charge in [-0.05, 0) is 54.1 Å². The predicted octanol–water partition coefficient (Wildman–Crippen LogP) is 3.91. The molecule has 0 saturated heterocycles. The summed E-state index contributed by atoms with van der Waals surface area (Å²) in [6.07, 6.45) is 0. The van der Waals surface area contributed by atoms with Crippen LogP contribution in [0.25, 0.3) is 16.5 Å². The number of esters is 1. The van der Waals surface area contributed by atoms with Gasteiger partial charge in [-0.1, -0.05) is 24.3 Å². The normalized spacial score (nSPS) is 10.8. The van der Waals surface area contributed by atoms with Gasteiger partial charge in [-0.3, -0.25) is 4.79 Å². The van der Waals surface area contributed by atoms with Gasteiger partial charge in [0.25, 0.3) is 5.91 Å². The molecule has 0 atom stereocenters. The second-order valence-corrected chi connectivity index (χ2v) is 6.56. The predicted molar refractivity (Wildman–Crippen MR) is 109 cm³/mol. The fraction of sp³-hybridized carbons (Fsp3) is 0.0909.